The van der Waals surface area contributed by atoms with E-state index in [0.717, 1.165) is 36.4 Å². The quantitative estimate of drug-likeness (QED) is 0.117. The maximum atomic E-state index is 13.7. The molecule has 17 heteroatoms. The molecule has 0 bridgehead atoms. The van der Waals surface area contributed by atoms with E-state index in [-0.39, 0.29) is 11.1 Å². The number of anilines is 2. The highest BCUT2D eigenvalue weighted by atomic mass is 32.2. The predicted molar refractivity (Wildman–Crippen MR) is 178 cm³/mol. The molecule has 0 atom stereocenters. The van der Waals surface area contributed by atoms with Crippen LogP contribution in [0.15, 0.2) is 105 Å². The summed E-state index contributed by atoms with van der Waals surface area (Å²) in [6, 6.07) is 16.4. The molecule has 254 valence electrons. The zero-order chi connectivity index (χ0) is 35.7. The molecule has 0 aliphatic carbocycles. The molecule has 0 fully saturated rings. The van der Waals surface area contributed by atoms with Crippen LogP contribution in [0.25, 0.3) is 23.3 Å². The van der Waals surface area contributed by atoms with Crippen molar-refractivity contribution < 1.29 is 53.4 Å². The van der Waals surface area contributed by atoms with Gasteiger partial charge in [0.2, 0.25) is 21.7 Å². The summed E-state index contributed by atoms with van der Waals surface area (Å²) in [5.41, 5.74) is -0.924. The summed E-state index contributed by atoms with van der Waals surface area (Å²) < 4.78 is 107. The van der Waals surface area contributed by atoms with Gasteiger partial charge in [0.25, 0.3) is 20.2 Å². The molecule has 1 aliphatic rings. The van der Waals surface area contributed by atoms with E-state index in [4.69, 9.17) is 9.47 Å². The van der Waals surface area contributed by atoms with Gasteiger partial charge in [-0.1, -0.05) is 36.4 Å². The molecule has 49 heavy (non-hydrogen) atoms. The summed E-state index contributed by atoms with van der Waals surface area (Å²) in [6.07, 6.45) is 4.77. The number of fused-ring (bicyclic) bond motifs is 3. The Morgan fingerprint density at radius 3 is 1.37 bits per heavy atom. The van der Waals surface area contributed by atoms with Crippen LogP contribution < -0.4 is 20.1 Å². The Hall–Kier alpha value is -5.33. The number of methoxy groups -OCH3 is 2. The van der Waals surface area contributed by atoms with Crippen LogP contribution >= 0.6 is 0 Å². The molecule has 0 radical (unpaired) electrons. The van der Waals surface area contributed by atoms with Crippen molar-refractivity contribution in [1.29, 1.82) is 0 Å². The maximum Gasteiger partial charge on any atom is 0.296 e. The molecule has 5 rings (SSSR count). The zero-order valence-electron chi connectivity index (χ0n) is 25.4. The average molecular weight is 727 g/mol. The molecule has 0 aromatic heterocycles. The van der Waals surface area contributed by atoms with Gasteiger partial charge in [-0.3, -0.25) is 18.7 Å². The number of amides is 2. The van der Waals surface area contributed by atoms with E-state index in [2.05, 4.69) is 10.6 Å². The molecule has 4 aromatic rings. The second-order valence-electron chi connectivity index (χ2n) is 10.3. The van der Waals surface area contributed by atoms with Crippen LogP contribution in [0.2, 0.25) is 0 Å². The Morgan fingerprint density at radius 1 is 0.653 bits per heavy atom. The lowest BCUT2D eigenvalue weighted by Crippen LogP contribution is -2.13. The first-order valence-electron chi connectivity index (χ1n) is 13.9. The Morgan fingerprint density at radius 2 is 1.02 bits per heavy atom. The number of rotatable bonds is 10. The van der Waals surface area contributed by atoms with Gasteiger partial charge in [0, 0.05) is 34.4 Å². The highest BCUT2D eigenvalue weighted by Gasteiger charge is 2.38. The van der Waals surface area contributed by atoms with E-state index in [1.165, 1.54) is 26.4 Å². The summed E-state index contributed by atoms with van der Waals surface area (Å²) in [7, 11) is -11.9. The Balaban J connectivity index is 1.56. The van der Waals surface area contributed by atoms with Gasteiger partial charge < -0.3 is 20.1 Å². The van der Waals surface area contributed by atoms with Crippen molar-refractivity contribution in [3.05, 3.63) is 96.1 Å². The van der Waals surface area contributed by atoms with Crippen LogP contribution in [0.1, 0.15) is 11.1 Å². The van der Waals surface area contributed by atoms with Crippen molar-refractivity contribution in [1.82, 2.24) is 0 Å². The first-order chi connectivity index (χ1) is 23.0. The van der Waals surface area contributed by atoms with Crippen LogP contribution in [0.4, 0.5) is 11.4 Å². The molecule has 14 nitrogen and oxygen atoms in total. The monoisotopic (exact) mass is 726 g/mol. The largest absolute Gasteiger partial charge is 0.496 e. The van der Waals surface area contributed by atoms with E-state index in [9.17, 15) is 43.9 Å². The first kappa shape index (κ1) is 35.0. The molecule has 4 N–H and O–H groups in total. The second kappa shape index (κ2) is 13.3. The molecule has 0 unspecified atom stereocenters. The minimum atomic E-state index is -5.11. The Labute approximate surface area is 281 Å². The minimum Gasteiger partial charge on any atom is -0.496 e. The normalized spacial score (nSPS) is 13.6. The Bertz CT molecular complexity index is 2260. The van der Waals surface area contributed by atoms with Crippen molar-refractivity contribution in [2.45, 2.75) is 19.6 Å². The van der Waals surface area contributed by atoms with Crippen molar-refractivity contribution in [2.24, 2.45) is 0 Å². The predicted octanol–water partition coefficient (Wildman–Crippen LogP) is 4.31. The molecule has 2 amide bonds. The fourth-order valence-electron chi connectivity index (χ4n) is 5.01. The molecule has 4 aromatic carbocycles. The van der Waals surface area contributed by atoms with Crippen LogP contribution in [-0.4, -0.2) is 60.4 Å². The van der Waals surface area contributed by atoms with Crippen molar-refractivity contribution in [3.63, 3.8) is 0 Å². The zero-order valence-corrected chi connectivity index (χ0v) is 27.9. The molecular weight excluding hydrogens is 701 g/mol. The van der Waals surface area contributed by atoms with Crippen LogP contribution in [0.5, 0.6) is 11.5 Å². The highest BCUT2D eigenvalue weighted by Crippen LogP contribution is 2.48. The SMILES string of the molecule is COc1ccccc1C=CC(=O)Nc1cc2c(cc1S(=O)(=O)O)-c1cc(S(=O)(=O)O)c(NC(=O)C=Cc3ccccc3OC)cc1S2(=O)=O. The second-order valence-corrected chi connectivity index (χ2v) is 14.9. The molecule has 0 saturated heterocycles. The number of ether oxygens (including phenoxy) is 2. The lowest BCUT2D eigenvalue weighted by molar-refractivity contribution is -0.112. The van der Waals surface area contributed by atoms with Crippen LogP contribution in [-0.2, 0) is 39.7 Å². The van der Waals surface area contributed by atoms with Crippen LogP contribution in [0, 0.1) is 0 Å². The smallest absolute Gasteiger partial charge is 0.296 e. The highest BCUT2D eigenvalue weighted by molar-refractivity contribution is 7.92. The lowest BCUT2D eigenvalue weighted by Gasteiger charge is -2.12. The fraction of sp³-hybridized carbons (Fsp3) is 0.0625. The number of carbonyl (C=O) groups is 2. The number of hydrogen-bond acceptors (Lipinski definition) is 10. The van der Waals surface area contributed by atoms with Gasteiger partial charge in [-0.05, 0) is 48.6 Å². The number of carbonyl (C=O) groups excluding carboxylic acids is 2. The molecule has 0 saturated carbocycles. The number of hydrogen-bond donors (Lipinski definition) is 4. The first-order valence-corrected chi connectivity index (χ1v) is 18.2. The third-order valence-electron chi connectivity index (χ3n) is 7.21. The van der Waals surface area contributed by atoms with E-state index in [1.54, 1.807) is 48.5 Å². The maximum absolute atomic E-state index is 13.7. The van der Waals surface area contributed by atoms with Gasteiger partial charge >= 0.3 is 0 Å². The van der Waals surface area contributed by atoms with Gasteiger partial charge in [0.1, 0.15) is 21.3 Å². The van der Waals surface area contributed by atoms with Gasteiger partial charge in [-0.15, -0.1) is 0 Å². The number of para-hydroxylation sites is 2. The molecule has 1 heterocycles. The van der Waals surface area contributed by atoms with E-state index >= 15 is 0 Å². The van der Waals surface area contributed by atoms with Crippen molar-refractivity contribution in [2.75, 3.05) is 24.9 Å². The summed E-state index contributed by atoms with van der Waals surface area (Å²) in [5.74, 6) is -0.940. The molecule has 1 aliphatic heterocycles. The Kier molecular flexibility index (Phi) is 9.49. The average Bonchev–Trinajstić information content (AvgIpc) is 3.26. The lowest BCUT2D eigenvalue weighted by atomic mass is 10.0. The van der Waals surface area contributed by atoms with Gasteiger partial charge in [-0.2, -0.15) is 16.8 Å². The number of nitrogens with one attached hydrogen (secondary N) is 2. The van der Waals surface area contributed by atoms with Crippen LogP contribution in [0.3, 0.4) is 0 Å². The van der Waals surface area contributed by atoms with Gasteiger partial charge in [0.05, 0.1) is 35.4 Å². The van der Waals surface area contributed by atoms with Crippen molar-refractivity contribution >= 4 is 65.4 Å². The third kappa shape index (κ3) is 7.25. The summed E-state index contributed by atoms with van der Waals surface area (Å²) >= 11 is 0. The standard InChI is InChI=1S/C32H26N2O12S3/c1-45-25-9-5-3-7-19(25)11-13-31(35)33-23-17-27-21(15-29(23)48(39,40)41)22-16-30(49(42,43)44)24(18-28(22)47(27,37)38)34-32(36)14-12-20-8-4-6-10-26(20)46-2/h3-18H,1-2H3,(H,33,35)(H,34,36)(H,39,40,41)(H,42,43,44). The van der Waals surface area contributed by atoms with Gasteiger partial charge in [0.15, 0.2) is 0 Å². The minimum absolute atomic E-state index is 0.357. The van der Waals surface area contributed by atoms with E-state index in [0.29, 0.717) is 22.6 Å². The number of benzene rings is 4. The third-order valence-corrected chi connectivity index (χ3v) is 10.8. The van der Waals surface area contributed by atoms with E-state index < -0.39 is 72.8 Å². The number of sulfone groups is 1. The topological polar surface area (TPSA) is 220 Å². The molecule has 0 spiro atoms. The van der Waals surface area contributed by atoms with E-state index in [1.807, 2.05) is 0 Å². The fourth-order valence-corrected chi connectivity index (χ4v) is 8.02. The summed E-state index contributed by atoms with van der Waals surface area (Å²) in [6.45, 7) is 0. The summed E-state index contributed by atoms with van der Waals surface area (Å²) in [5, 5.41) is 4.50. The summed E-state index contributed by atoms with van der Waals surface area (Å²) in [4.78, 5) is 22.7. The molecular formula is C32H26N2O12S3. The van der Waals surface area contributed by atoms with Gasteiger partial charge in [-0.25, -0.2) is 8.42 Å². The van der Waals surface area contributed by atoms with Crippen molar-refractivity contribution in [3.8, 4) is 22.6 Å².